The third kappa shape index (κ3) is 3.30. The number of hydrogen-bond acceptors (Lipinski definition) is 2. The molecule has 0 aromatic carbocycles. The normalized spacial score (nSPS) is 26.5. The van der Waals surface area contributed by atoms with Crippen molar-refractivity contribution in [3.63, 3.8) is 0 Å². The molecule has 2 nitrogen and oxygen atoms in total. The van der Waals surface area contributed by atoms with Gasteiger partial charge >= 0.3 is 0 Å². The van der Waals surface area contributed by atoms with Gasteiger partial charge in [0.1, 0.15) is 5.78 Å². The molecule has 88 valence electrons. The summed E-state index contributed by atoms with van der Waals surface area (Å²) in [5.41, 5.74) is -0.0117. The lowest BCUT2D eigenvalue weighted by molar-refractivity contribution is -0.130. The molecule has 1 unspecified atom stereocenters. The van der Waals surface area contributed by atoms with Crippen LogP contribution in [0.4, 0.5) is 0 Å². The summed E-state index contributed by atoms with van der Waals surface area (Å²) in [5, 5.41) is 3.40. The third-order valence-electron chi connectivity index (χ3n) is 3.55. The summed E-state index contributed by atoms with van der Waals surface area (Å²) in [6.07, 6.45) is 7.44. The van der Waals surface area contributed by atoms with Crippen molar-refractivity contribution in [3.8, 4) is 0 Å². The summed E-state index contributed by atoms with van der Waals surface area (Å²) < 4.78 is 0. The number of carbonyl (C=O) groups is 1. The van der Waals surface area contributed by atoms with Crippen LogP contribution in [0.3, 0.4) is 0 Å². The molecule has 2 heteroatoms. The molecule has 15 heavy (non-hydrogen) atoms. The van der Waals surface area contributed by atoms with E-state index in [-0.39, 0.29) is 5.41 Å². The lowest BCUT2D eigenvalue weighted by Gasteiger charge is -2.36. The first-order valence-electron chi connectivity index (χ1n) is 6.49. The summed E-state index contributed by atoms with van der Waals surface area (Å²) in [6.45, 7) is 6.35. The Hall–Kier alpha value is -0.370. The molecule has 1 N–H and O–H groups in total. The van der Waals surface area contributed by atoms with E-state index in [1.54, 1.807) is 0 Å². The minimum Gasteiger partial charge on any atom is -0.316 e. The van der Waals surface area contributed by atoms with E-state index in [4.69, 9.17) is 0 Å². The minimum atomic E-state index is -0.0117. The molecule has 1 fully saturated rings. The van der Waals surface area contributed by atoms with E-state index in [2.05, 4.69) is 19.2 Å². The van der Waals surface area contributed by atoms with Crippen molar-refractivity contribution in [3.05, 3.63) is 0 Å². The summed E-state index contributed by atoms with van der Waals surface area (Å²) >= 11 is 0. The van der Waals surface area contributed by atoms with E-state index < -0.39 is 0 Å². The number of hydrogen-bond donors (Lipinski definition) is 1. The van der Waals surface area contributed by atoms with Crippen LogP contribution in [0.25, 0.3) is 0 Å². The number of Topliss-reactive ketones (excluding diaryl/α,β-unsaturated/α-hetero) is 1. The number of ketones is 1. The van der Waals surface area contributed by atoms with Crippen molar-refractivity contribution in [1.82, 2.24) is 5.32 Å². The molecule has 0 amide bonds. The van der Waals surface area contributed by atoms with E-state index in [9.17, 15) is 4.79 Å². The lowest BCUT2D eigenvalue weighted by atomic mass is 9.72. The molecule has 0 bridgehead atoms. The highest BCUT2D eigenvalue weighted by molar-refractivity contribution is 5.85. The average Bonchev–Trinajstić information content (AvgIpc) is 2.27. The maximum Gasteiger partial charge on any atom is 0.140 e. The summed E-state index contributed by atoms with van der Waals surface area (Å²) in [4.78, 5) is 12.2. The molecule has 0 aromatic rings. The predicted molar refractivity (Wildman–Crippen MR) is 64.0 cm³/mol. The van der Waals surface area contributed by atoms with Gasteiger partial charge in [0.2, 0.25) is 0 Å². The van der Waals surface area contributed by atoms with Crippen LogP contribution in [0, 0.1) is 5.41 Å². The minimum absolute atomic E-state index is 0.0117. The quantitative estimate of drug-likeness (QED) is 0.732. The molecule has 1 atom stereocenters. The van der Waals surface area contributed by atoms with Gasteiger partial charge in [0.15, 0.2) is 0 Å². The van der Waals surface area contributed by atoms with Crippen LogP contribution in [0.1, 0.15) is 58.8 Å². The van der Waals surface area contributed by atoms with Gasteiger partial charge in [-0.25, -0.2) is 0 Å². The monoisotopic (exact) mass is 211 g/mol. The Morgan fingerprint density at radius 3 is 2.67 bits per heavy atom. The molecule has 1 rings (SSSR count). The SMILES string of the molecule is CCCCC(=O)C1(CCC)CCCNC1. The van der Waals surface area contributed by atoms with Crippen LogP contribution in [0.15, 0.2) is 0 Å². The second-order valence-electron chi connectivity index (χ2n) is 4.84. The van der Waals surface area contributed by atoms with Crippen molar-refractivity contribution >= 4 is 5.78 Å². The van der Waals surface area contributed by atoms with E-state index in [1.807, 2.05) is 0 Å². The van der Waals surface area contributed by atoms with Crippen molar-refractivity contribution in [2.45, 2.75) is 58.8 Å². The Morgan fingerprint density at radius 2 is 2.13 bits per heavy atom. The Balaban J connectivity index is 2.57. The van der Waals surface area contributed by atoms with E-state index in [0.717, 1.165) is 58.0 Å². The molecule has 1 aliphatic rings. The van der Waals surface area contributed by atoms with Crippen LogP contribution in [0.5, 0.6) is 0 Å². The third-order valence-corrected chi connectivity index (χ3v) is 3.55. The number of carbonyl (C=O) groups excluding carboxylic acids is 1. The second-order valence-corrected chi connectivity index (χ2v) is 4.84. The van der Waals surface area contributed by atoms with Gasteiger partial charge in [-0.1, -0.05) is 26.7 Å². The first-order chi connectivity index (χ1) is 7.25. The molecular formula is C13H25NO. The van der Waals surface area contributed by atoms with Crippen molar-refractivity contribution in [2.75, 3.05) is 13.1 Å². The van der Waals surface area contributed by atoms with Gasteiger partial charge in [-0.2, -0.15) is 0 Å². The Labute approximate surface area is 93.8 Å². The molecular weight excluding hydrogens is 186 g/mol. The second kappa shape index (κ2) is 6.26. The Bertz CT molecular complexity index is 189. The molecule has 0 spiro atoms. The molecule has 0 aliphatic carbocycles. The fraction of sp³-hybridized carbons (Fsp3) is 0.923. The van der Waals surface area contributed by atoms with Gasteiger partial charge in [-0.3, -0.25) is 4.79 Å². The highest BCUT2D eigenvalue weighted by Crippen LogP contribution is 2.34. The zero-order valence-corrected chi connectivity index (χ0v) is 10.3. The Kier molecular flexibility index (Phi) is 5.30. The van der Waals surface area contributed by atoms with Crippen LogP contribution >= 0.6 is 0 Å². The fourth-order valence-corrected chi connectivity index (χ4v) is 2.64. The fourth-order valence-electron chi connectivity index (χ4n) is 2.64. The average molecular weight is 211 g/mol. The summed E-state index contributed by atoms with van der Waals surface area (Å²) in [7, 11) is 0. The van der Waals surface area contributed by atoms with Gasteiger partial charge < -0.3 is 5.32 Å². The smallest absolute Gasteiger partial charge is 0.140 e. The zero-order valence-electron chi connectivity index (χ0n) is 10.3. The molecule has 0 radical (unpaired) electrons. The first kappa shape index (κ1) is 12.7. The number of unbranched alkanes of at least 4 members (excludes halogenated alkanes) is 1. The molecule has 0 aromatic heterocycles. The maximum absolute atomic E-state index is 12.2. The van der Waals surface area contributed by atoms with Crippen LogP contribution in [-0.2, 0) is 4.79 Å². The van der Waals surface area contributed by atoms with Gasteiger partial charge in [0.05, 0.1) is 0 Å². The van der Waals surface area contributed by atoms with Crippen LogP contribution < -0.4 is 5.32 Å². The molecule has 1 aliphatic heterocycles. The predicted octanol–water partition coefficient (Wildman–Crippen LogP) is 2.92. The van der Waals surface area contributed by atoms with Crippen molar-refractivity contribution in [2.24, 2.45) is 5.41 Å². The molecule has 1 saturated heterocycles. The number of piperidine rings is 1. The van der Waals surface area contributed by atoms with Gasteiger partial charge in [0, 0.05) is 18.4 Å². The van der Waals surface area contributed by atoms with E-state index in [1.165, 1.54) is 0 Å². The van der Waals surface area contributed by atoms with Crippen LogP contribution in [0.2, 0.25) is 0 Å². The lowest BCUT2D eigenvalue weighted by Crippen LogP contribution is -2.45. The van der Waals surface area contributed by atoms with E-state index in [0.29, 0.717) is 5.78 Å². The van der Waals surface area contributed by atoms with Gasteiger partial charge in [0.25, 0.3) is 0 Å². The number of rotatable bonds is 6. The van der Waals surface area contributed by atoms with Gasteiger partial charge in [-0.05, 0) is 32.2 Å². The zero-order chi connectivity index (χ0) is 11.1. The Morgan fingerprint density at radius 1 is 1.33 bits per heavy atom. The molecule has 0 saturated carbocycles. The van der Waals surface area contributed by atoms with E-state index >= 15 is 0 Å². The van der Waals surface area contributed by atoms with Crippen molar-refractivity contribution in [1.29, 1.82) is 0 Å². The largest absolute Gasteiger partial charge is 0.316 e. The highest BCUT2D eigenvalue weighted by atomic mass is 16.1. The highest BCUT2D eigenvalue weighted by Gasteiger charge is 2.37. The topological polar surface area (TPSA) is 29.1 Å². The molecule has 1 heterocycles. The van der Waals surface area contributed by atoms with Gasteiger partial charge in [-0.15, -0.1) is 0 Å². The van der Waals surface area contributed by atoms with Crippen molar-refractivity contribution < 1.29 is 4.79 Å². The van der Waals surface area contributed by atoms with Crippen LogP contribution in [-0.4, -0.2) is 18.9 Å². The standard InChI is InChI=1S/C13H25NO/c1-3-5-7-12(15)13(8-4-2)9-6-10-14-11-13/h14H,3-11H2,1-2H3. The first-order valence-corrected chi connectivity index (χ1v) is 6.49. The summed E-state index contributed by atoms with van der Waals surface area (Å²) in [6, 6.07) is 0. The number of nitrogens with one attached hydrogen (secondary N) is 1. The maximum atomic E-state index is 12.2. The summed E-state index contributed by atoms with van der Waals surface area (Å²) in [5.74, 6) is 0.512.